The Kier molecular flexibility index (Phi) is 14.1. The van der Waals surface area contributed by atoms with E-state index < -0.39 is 6.61 Å². The Hall–Kier alpha value is -0.580. The normalized spacial score (nSPS) is 11.8. The fourth-order valence-electron chi connectivity index (χ4n) is 2.32. The maximum Gasteiger partial charge on any atom is 0.387 e. The molecule has 0 aliphatic carbocycles. The fourth-order valence-corrected chi connectivity index (χ4v) is 2.90. The van der Waals surface area contributed by atoms with Crippen molar-refractivity contribution < 1.29 is 13.5 Å². The number of hydrogen-bond acceptors (Lipinski definition) is 3. The van der Waals surface area contributed by atoms with Crippen LogP contribution >= 0.6 is 47.2 Å². The lowest BCUT2D eigenvalue weighted by Gasteiger charge is -2.20. The van der Waals surface area contributed by atoms with Crippen LogP contribution in [0.1, 0.15) is 32.3 Å². The first kappa shape index (κ1) is 27.4. The minimum Gasteiger partial charge on any atom is -0.433 e. The average molecular weight is 553 g/mol. The van der Waals surface area contributed by atoms with E-state index in [2.05, 4.69) is 46.2 Å². The number of alkyl halides is 2. The third-order valence-corrected chi connectivity index (χ3v) is 4.57. The first-order chi connectivity index (χ1) is 12.7. The van der Waals surface area contributed by atoms with Gasteiger partial charge in [-0.2, -0.15) is 8.78 Å². The summed E-state index contributed by atoms with van der Waals surface area (Å²) < 4.78 is 29.8. The highest BCUT2D eigenvalue weighted by molar-refractivity contribution is 14.0. The zero-order valence-corrected chi connectivity index (χ0v) is 20.4. The molecule has 10 heteroatoms. The van der Waals surface area contributed by atoms with E-state index in [4.69, 9.17) is 23.2 Å². The molecule has 0 spiro atoms. The zero-order chi connectivity index (χ0) is 20.4. The molecule has 0 heterocycles. The Labute approximate surface area is 193 Å². The maximum atomic E-state index is 12.6. The molecule has 0 unspecified atom stereocenters. The first-order valence-electron chi connectivity index (χ1n) is 8.82. The van der Waals surface area contributed by atoms with Gasteiger partial charge in [0.1, 0.15) is 5.75 Å². The molecule has 1 aromatic rings. The molecule has 0 radical (unpaired) electrons. The molecule has 0 fully saturated rings. The minimum absolute atomic E-state index is 0. The predicted molar refractivity (Wildman–Crippen MR) is 124 cm³/mol. The molecule has 2 N–H and O–H groups in total. The SMILES string of the molecule is CN=C(NCCCCN(C)C(C)C)NCc1cc(Cl)cc(Cl)c1OC(F)F.I. The Bertz CT molecular complexity index is 621. The number of unbranched alkanes of at least 4 members (excludes halogenated alkanes) is 1. The lowest BCUT2D eigenvalue weighted by molar-refractivity contribution is -0.0504. The van der Waals surface area contributed by atoms with Crippen molar-refractivity contribution in [3.05, 3.63) is 27.7 Å². The molecule has 0 amide bonds. The maximum absolute atomic E-state index is 12.6. The average Bonchev–Trinajstić information content (AvgIpc) is 2.59. The molecule has 0 atom stereocenters. The number of aliphatic imine (C=N–C) groups is 1. The largest absolute Gasteiger partial charge is 0.433 e. The van der Waals surface area contributed by atoms with Crippen LogP contribution in [0.4, 0.5) is 8.78 Å². The van der Waals surface area contributed by atoms with E-state index in [0.717, 1.165) is 25.9 Å². The third kappa shape index (κ3) is 10.3. The second-order valence-corrected chi connectivity index (χ2v) is 7.23. The molecule has 5 nitrogen and oxygen atoms in total. The van der Waals surface area contributed by atoms with Gasteiger partial charge in [-0.3, -0.25) is 4.99 Å². The molecule has 0 aliphatic rings. The third-order valence-electron chi connectivity index (χ3n) is 4.07. The van der Waals surface area contributed by atoms with E-state index in [-0.39, 0.29) is 41.3 Å². The van der Waals surface area contributed by atoms with Gasteiger partial charge in [-0.15, -0.1) is 24.0 Å². The van der Waals surface area contributed by atoms with E-state index in [9.17, 15) is 8.78 Å². The molecule has 1 aromatic carbocycles. The van der Waals surface area contributed by atoms with Crippen LogP contribution in [0, 0.1) is 0 Å². The Morgan fingerprint density at radius 2 is 1.89 bits per heavy atom. The second-order valence-electron chi connectivity index (χ2n) is 6.39. The number of halogens is 5. The number of ether oxygens (including phenoxy) is 1. The van der Waals surface area contributed by atoms with E-state index in [1.807, 2.05) is 0 Å². The Morgan fingerprint density at radius 1 is 1.21 bits per heavy atom. The molecular weight excluding hydrogens is 524 g/mol. The summed E-state index contributed by atoms with van der Waals surface area (Å²) in [7, 11) is 3.75. The first-order valence-corrected chi connectivity index (χ1v) is 9.57. The van der Waals surface area contributed by atoms with Gasteiger partial charge in [-0.05, 0) is 52.4 Å². The van der Waals surface area contributed by atoms with Crippen molar-refractivity contribution in [3.63, 3.8) is 0 Å². The van der Waals surface area contributed by atoms with Crippen molar-refractivity contribution in [3.8, 4) is 5.75 Å². The summed E-state index contributed by atoms with van der Waals surface area (Å²) in [4.78, 5) is 6.42. The van der Waals surface area contributed by atoms with Crippen LogP contribution in [-0.4, -0.2) is 50.7 Å². The summed E-state index contributed by atoms with van der Waals surface area (Å²) in [6.45, 7) is 3.33. The summed E-state index contributed by atoms with van der Waals surface area (Å²) in [6.07, 6.45) is 2.05. The summed E-state index contributed by atoms with van der Waals surface area (Å²) >= 11 is 11.9. The molecule has 0 aromatic heterocycles. The van der Waals surface area contributed by atoms with Crippen LogP contribution in [0.15, 0.2) is 17.1 Å². The molecule has 0 bridgehead atoms. The molecule has 0 aliphatic heterocycles. The van der Waals surface area contributed by atoms with Crippen LogP contribution in [0.25, 0.3) is 0 Å². The molecule has 162 valence electrons. The molecule has 28 heavy (non-hydrogen) atoms. The number of nitrogens with zero attached hydrogens (tertiary/aromatic N) is 2. The predicted octanol–water partition coefficient (Wildman–Crippen LogP) is 5.00. The zero-order valence-electron chi connectivity index (χ0n) is 16.6. The lowest BCUT2D eigenvalue weighted by atomic mass is 10.2. The van der Waals surface area contributed by atoms with Gasteiger partial charge in [0.25, 0.3) is 0 Å². The Balaban J connectivity index is 0.00000729. The summed E-state index contributed by atoms with van der Waals surface area (Å²) in [5.41, 5.74) is 0.425. The quantitative estimate of drug-likeness (QED) is 0.186. The van der Waals surface area contributed by atoms with Crippen LogP contribution in [-0.2, 0) is 6.54 Å². The number of guanidine groups is 1. The van der Waals surface area contributed by atoms with Gasteiger partial charge < -0.3 is 20.3 Å². The highest BCUT2D eigenvalue weighted by atomic mass is 127. The number of hydrogen-bond donors (Lipinski definition) is 2. The van der Waals surface area contributed by atoms with Gasteiger partial charge in [0.05, 0.1) is 5.02 Å². The number of rotatable bonds is 10. The van der Waals surface area contributed by atoms with E-state index >= 15 is 0 Å². The number of nitrogens with one attached hydrogen (secondary N) is 2. The van der Waals surface area contributed by atoms with Crippen molar-refractivity contribution >= 4 is 53.1 Å². The van der Waals surface area contributed by atoms with Crippen molar-refractivity contribution in [2.24, 2.45) is 4.99 Å². The van der Waals surface area contributed by atoms with Crippen LogP contribution in [0.3, 0.4) is 0 Å². The van der Waals surface area contributed by atoms with Gasteiger partial charge in [0.15, 0.2) is 5.96 Å². The van der Waals surface area contributed by atoms with Crippen molar-refractivity contribution in [1.82, 2.24) is 15.5 Å². The van der Waals surface area contributed by atoms with Crippen molar-refractivity contribution in [1.29, 1.82) is 0 Å². The minimum atomic E-state index is -2.97. The fraction of sp³-hybridized carbons (Fsp3) is 0.611. The van der Waals surface area contributed by atoms with Gasteiger partial charge >= 0.3 is 6.61 Å². The van der Waals surface area contributed by atoms with Crippen molar-refractivity contribution in [2.45, 2.75) is 45.9 Å². The monoisotopic (exact) mass is 552 g/mol. The highest BCUT2D eigenvalue weighted by Gasteiger charge is 2.15. The van der Waals surface area contributed by atoms with Crippen LogP contribution in [0.2, 0.25) is 10.0 Å². The topological polar surface area (TPSA) is 48.9 Å². The smallest absolute Gasteiger partial charge is 0.387 e. The molecular formula is C18H29Cl2F2IN4O. The lowest BCUT2D eigenvalue weighted by Crippen LogP contribution is -2.37. The number of benzene rings is 1. The molecule has 1 rings (SSSR count). The Morgan fingerprint density at radius 3 is 2.46 bits per heavy atom. The molecule has 0 saturated heterocycles. The van der Waals surface area contributed by atoms with E-state index in [0.29, 0.717) is 22.6 Å². The van der Waals surface area contributed by atoms with E-state index in [1.165, 1.54) is 12.1 Å². The molecule has 0 saturated carbocycles. The van der Waals surface area contributed by atoms with Crippen LogP contribution in [0.5, 0.6) is 5.75 Å². The summed E-state index contributed by atoms with van der Waals surface area (Å²) in [6, 6.07) is 3.43. The van der Waals surface area contributed by atoms with Crippen molar-refractivity contribution in [2.75, 3.05) is 27.2 Å². The van der Waals surface area contributed by atoms with E-state index in [1.54, 1.807) is 7.05 Å². The highest BCUT2D eigenvalue weighted by Crippen LogP contribution is 2.33. The second kappa shape index (κ2) is 14.4. The van der Waals surface area contributed by atoms with Gasteiger partial charge in [-0.25, -0.2) is 0 Å². The standard InChI is InChI=1S/C18H28Cl2F2N4O.HI/c1-12(2)26(4)8-6-5-7-24-18(23-3)25-11-13-9-14(19)10-15(20)16(13)27-17(21)22;/h9-10,12,17H,5-8,11H2,1-4H3,(H2,23,24,25);1H. The van der Waals surface area contributed by atoms with Crippen LogP contribution < -0.4 is 15.4 Å². The van der Waals surface area contributed by atoms with Gasteiger partial charge in [-0.1, -0.05) is 23.2 Å². The summed E-state index contributed by atoms with van der Waals surface area (Å²) in [5.74, 6) is 0.474. The van der Waals surface area contributed by atoms with Gasteiger partial charge in [0.2, 0.25) is 0 Å². The summed E-state index contributed by atoms with van der Waals surface area (Å²) in [5, 5.41) is 6.64. The van der Waals surface area contributed by atoms with Gasteiger partial charge in [0, 0.05) is 36.8 Å².